The SMILES string of the molecule is COc1ccc(C23C[C@@H]2CN(CCCSc2nnc(-c4ccc(C(F)(F)F)cc4)n2C)C3)cc1C(C)=O. The molecular formula is C27H29F3N4O2S. The number of hydrogen-bond donors (Lipinski definition) is 0. The first-order valence-electron chi connectivity index (χ1n) is 12.2. The Balaban J connectivity index is 1.14. The Morgan fingerprint density at radius 1 is 1.19 bits per heavy atom. The second-order valence-corrected chi connectivity index (χ2v) is 11.0. The van der Waals surface area contributed by atoms with Crippen molar-refractivity contribution in [3.63, 3.8) is 0 Å². The number of rotatable bonds is 9. The van der Waals surface area contributed by atoms with Crippen LogP contribution in [0.1, 0.15) is 41.3 Å². The van der Waals surface area contributed by atoms with Gasteiger partial charge in [0.1, 0.15) is 5.75 Å². The van der Waals surface area contributed by atoms with Crippen molar-refractivity contribution < 1.29 is 22.7 Å². The predicted molar refractivity (Wildman–Crippen MR) is 136 cm³/mol. The van der Waals surface area contributed by atoms with E-state index < -0.39 is 11.7 Å². The number of thioether (sulfide) groups is 1. The zero-order chi connectivity index (χ0) is 26.4. The van der Waals surface area contributed by atoms with Gasteiger partial charge in [-0.2, -0.15) is 13.2 Å². The highest BCUT2D eigenvalue weighted by Crippen LogP contribution is 2.59. The molecule has 0 radical (unpaired) electrons. The normalized spacial score (nSPS) is 21.2. The fourth-order valence-corrected chi connectivity index (χ4v) is 6.28. The van der Waals surface area contributed by atoms with Crippen molar-refractivity contribution in [2.75, 3.05) is 32.5 Å². The van der Waals surface area contributed by atoms with Gasteiger partial charge in [0, 0.05) is 36.9 Å². The smallest absolute Gasteiger partial charge is 0.416 e. The third kappa shape index (κ3) is 5.01. The number of piperidine rings is 1. The molecule has 0 spiro atoms. The molecule has 3 aromatic rings. The Hall–Kier alpha value is -2.85. The standard InChI is InChI=1S/C27H29F3N4O2S/c1-17(35)22-13-20(9-10-23(22)36-3)26-14-21(26)15-34(16-26)11-4-12-37-25-32-31-24(33(25)2)18-5-7-19(8-6-18)27(28,29)30/h5-10,13,21H,4,11-12,14-16H2,1-3H3/t21-,26?/m1/s1. The van der Waals surface area contributed by atoms with E-state index in [-0.39, 0.29) is 11.2 Å². The first kappa shape index (κ1) is 25.8. The van der Waals surface area contributed by atoms with E-state index >= 15 is 0 Å². The topological polar surface area (TPSA) is 60.2 Å². The number of ketones is 1. The lowest BCUT2D eigenvalue weighted by molar-refractivity contribution is -0.137. The Labute approximate surface area is 218 Å². The zero-order valence-electron chi connectivity index (χ0n) is 21.0. The van der Waals surface area contributed by atoms with E-state index in [1.807, 2.05) is 23.7 Å². The van der Waals surface area contributed by atoms with Gasteiger partial charge in [-0.15, -0.1) is 10.2 Å². The molecule has 0 amide bonds. The molecule has 1 aliphatic carbocycles. The summed E-state index contributed by atoms with van der Waals surface area (Å²) in [5.41, 5.74) is 1.94. The molecule has 1 aromatic heterocycles. The molecular weight excluding hydrogens is 501 g/mol. The van der Waals surface area contributed by atoms with Crippen LogP contribution in [0.25, 0.3) is 11.4 Å². The van der Waals surface area contributed by atoms with Crippen LogP contribution >= 0.6 is 11.8 Å². The maximum absolute atomic E-state index is 12.8. The predicted octanol–water partition coefficient (Wildman–Crippen LogP) is 5.47. The molecule has 5 rings (SSSR count). The lowest BCUT2D eigenvalue weighted by Gasteiger charge is -2.21. The minimum absolute atomic E-state index is 0.0180. The Morgan fingerprint density at radius 3 is 2.62 bits per heavy atom. The summed E-state index contributed by atoms with van der Waals surface area (Å²) < 4.78 is 45.7. The van der Waals surface area contributed by atoms with Gasteiger partial charge in [-0.3, -0.25) is 4.79 Å². The number of carbonyl (C=O) groups excluding carboxylic acids is 1. The zero-order valence-corrected chi connectivity index (χ0v) is 21.8. The van der Waals surface area contributed by atoms with Crippen molar-refractivity contribution in [2.45, 2.75) is 36.5 Å². The first-order chi connectivity index (χ1) is 17.6. The molecule has 10 heteroatoms. The third-order valence-corrected chi connectivity index (χ3v) is 8.63. The molecule has 1 saturated carbocycles. The van der Waals surface area contributed by atoms with E-state index in [4.69, 9.17) is 4.74 Å². The lowest BCUT2D eigenvalue weighted by atomic mass is 9.92. The van der Waals surface area contributed by atoms with E-state index in [0.717, 1.165) is 55.5 Å². The average molecular weight is 531 g/mol. The first-order valence-corrected chi connectivity index (χ1v) is 13.2. The quantitative estimate of drug-likeness (QED) is 0.208. The number of carbonyl (C=O) groups is 1. The summed E-state index contributed by atoms with van der Waals surface area (Å²) in [5, 5.41) is 9.17. The molecule has 0 N–H and O–H groups in total. The molecule has 2 fully saturated rings. The van der Waals surface area contributed by atoms with E-state index in [1.54, 1.807) is 25.8 Å². The molecule has 2 aliphatic rings. The van der Waals surface area contributed by atoms with Gasteiger partial charge in [-0.25, -0.2) is 0 Å². The maximum Gasteiger partial charge on any atom is 0.416 e. The minimum Gasteiger partial charge on any atom is -0.496 e. The molecule has 0 bridgehead atoms. The summed E-state index contributed by atoms with van der Waals surface area (Å²) in [5.74, 6) is 2.68. The van der Waals surface area contributed by atoms with Crippen molar-refractivity contribution in [3.05, 3.63) is 59.2 Å². The van der Waals surface area contributed by atoms with Gasteiger partial charge < -0.3 is 14.2 Å². The number of hydrogen-bond acceptors (Lipinski definition) is 6. The minimum atomic E-state index is -4.36. The van der Waals surface area contributed by atoms with Crippen LogP contribution in [0.2, 0.25) is 0 Å². The van der Waals surface area contributed by atoms with E-state index in [9.17, 15) is 18.0 Å². The van der Waals surface area contributed by atoms with E-state index in [1.165, 1.54) is 17.7 Å². The molecule has 2 atom stereocenters. The fourth-order valence-electron chi connectivity index (χ4n) is 5.45. The van der Waals surface area contributed by atoms with Gasteiger partial charge in [0.15, 0.2) is 16.8 Å². The number of fused-ring (bicyclic) bond motifs is 1. The van der Waals surface area contributed by atoms with Crippen LogP contribution in [0.15, 0.2) is 47.6 Å². The molecule has 37 heavy (non-hydrogen) atoms. The number of alkyl halides is 3. The van der Waals surface area contributed by atoms with Gasteiger partial charge >= 0.3 is 6.18 Å². The second kappa shape index (κ2) is 9.79. The average Bonchev–Trinajstić information content (AvgIpc) is 3.25. The maximum atomic E-state index is 12.8. The van der Waals surface area contributed by atoms with Crippen LogP contribution in [-0.4, -0.2) is 57.9 Å². The number of ether oxygens (including phenoxy) is 1. The van der Waals surface area contributed by atoms with Crippen molar-refractivity contribution in [2.24, 2.45) is 13.0 Å². The highest BCUT2D eigenvalue weighted by molar-refractivity contribution is 7.99. The number of likely N-dealkylation sites (tertiary alicyclic amines) is 1. The van der Waals surface area contributed by atoms with E-state index in [2.05, 4.69) is 21.2 Å². The molecule has 196 valence electrons. The van der Waals surface area contributed by atoms with Crippen molar-refractivity contribution in [1.29, 1.82) is 0 Å². The summed E-state index contributed by atoms with van der Waals surface area (Å²) in [7, 11) is 3.42. The van der Waals surface area contributed by atoms with E-state index in [0.29, 0.717) is 28.6 Å². The number of aromatic nitrogens is 3. The summed E-state index contributed by atoms with van der Waals surface area (Å²) in [6.07, 6.45) is -2.22. The molecule has 6 nitrogen and oxygen atoms in total. The second-order valence-electron chi connectivity index (χ2n) is 9.91. The Bertz CT molecular complexity index is 1310. The highest BCUT2D eigenvalue weighted by atomic mass is 32.2. The van der Waals surface area contributed by atoms with Gasteiger partial charge in [0.05, 0.1) is 18.2 Å². The van der Waals surface area contributed by atoms with Crippen LogP contribution in [-0.2, 0) is 18.6 Å². The third-order valence-electron chi connectivity index (χ3n) is 7.53. The fraction of sp³-hybridized carbons (Fsp3) is 0.444. The number of nitrogens with zero attached hydrogens (tertiary/aromatic N) is 4. The number of halogens is 3. The summed E-state index contributed by atoms with van der Waals surface area (Å²) in [6.45, 7) is 4.61. The van der Waals surface area contributed by atoms with Crippen molar-refractivity contribution >= 4 is 17.5 Å². The molecule has 1 saturated heterocycles. The number of Topliss-reactive ketones (excluding diaryl/α,β-unsaturated/α-hetero) is 1. The Kier molecular flexibility index (Phi) is 6.83. The number of benzene rings is 2. The summed E-state index contributed by atoms with van der Waals surface area (Å²) in [6, 6.07) is 11.0. The van der Waals surface area contributed by atoms with Crippen LogP contribution in [0, 0.1) is 5.92 Å². The largest absolute Gasteiger partial charge is 0.496 e. The van der Waals surface area contributed by atoms with Gasteiger partial charge in [-0.1, -0.05) is 30.0 Å². The van der Waals surface area contributed by atoms with Gasteiger partial charge in [-0.05, 0) is 62.1 Å². The highest BCUT2D eigenvalue weighted by Gasteiger charge is 2.60. The van der Waals surface area contributed by atoms with Crippen LogP contribution in [0.4, 0.5) is 13.2 Å². The van der Waals surface area contributed by atoms with Crippen LogP contribution < -0.4 is 4.74 Å². The molecule has 2 aromatic carbocycles. The lowest BCUT2D eigenvalue weighted by Crippen LogP contribution is -2.28. The van der Waals surface area contributed by atoms with Crippen LogP contribution in [0.3, 0.4) is 0 Å². The summed E-state index contributed by atoms with van der Waals surface area (Å²) >= 11 is 1.60. The van der Waals surface area contributed by atoms with Crippen LogP contribution in [0.5, 0.6) is 5.75 Å². The number of methoxy groups -OCH3 is 1. The van der Waals surface area contributed by atoms with Crippen molar-refractivity contribution in [3.8, 4) is 17.1 Å². The van der Waals surface area contributed by atoms with Gasteiger partial charge in [0.25, 0.3) is 0 Å². The van der Waals surface area contributed by atoms with Crippen molar-refractivity contribution in [1.82, 2.24) is 19.7 Å². The molecule has 2 heterocycles. The van der Waals surface area contributed by atoms with Gasteiger partial charge in [0.2, 0.25) is 0 Å². The summed E-state index contributed by atoms with van der Waals surface area (Å²) in [4.78, 5) is 14.6. The monoisotopic (exact) mass is 530 g/mol. The Morgan fingerprint density at radius 2 is 1.95 bits per heavy atom. The molecule has 1 unspecified atom stereocenters. The molecule has 1 aliphatic heterocycles.